The number of esters is 1. The predicted octanol–water partition coefficient (Wildman–Crippen LogP) is 2.88. The number of imidazole rings is 1. The van der Waals surface area contributed by atoms with Gasteiger partial charge in [-0.2, -0.15) is 0 Å². The number of H-pyrrole nitrogens is 1. The summed E-state index contributed by atoms with van der Waals surface area (Å²) in [6, 6.07) is 2.02. The number of carbonyl (C=O) groups is 2. The molecule has 0 saturated heterocycles. The SMILES string of the molecule is CCOC(=O)c1c(C)[nH]c2c(C)c(C)cc3nc(C)n(/c1=C/C(C)=O)c32. The summed E-state index contributed by atoms with van der Waals surface area (Å²) in [4.78, 5) is 32.7. The number of benzene rings is 1. The molecule has 136 valence electrons. The Balaban J connectivity index is 2.71. The van der Waals surface area contributed by atoms with Crippen LogP contribution in [0.3, 0.4) is 0 Å². The number of nitrogens with one attached hydrogen (secondary N) is 1. The van der Waals surface area contributed by atoms with E-state index in [0.717, 1.165) is 27.7 Å². The number of ketones is 1. The lowest BCUT2D eigenvalue weighted by atomic mass is 10.1. The van der Waals surface area contributed by atoms with Crippen molar-refractivity contribution in [2.75, 3.05) is 6.61 Å². The van der Waals surface area contributed by atoms with Gasteiger partial charge < -0.3 is 9.72 Å². The van der Waals surface area contributed by atoms with Crippen LogP contribution in [0.15, 0.2) is 6.07 Å². The number of ether oxygens (including phenoxy) is 1. The van der Waals surface area contributed by atoms with Gasteiger partial charge in [0.2, 0.25) is 0 Å². The second-order valence-corrected chi connectivity index (χ2v) is 6.54. The Labute approximate surface area is 151 Å². The fourth-order valence-corrected chi connectivity index (χ4v) is 3.37. The lowest BCUT2D eigenvalue weighted by molar-refractivity contribution is -0.111. The molecule has 3 rings (SSSR count). The molecular weight excluding hydrogens is 330 g/mol. The first-order valence-electron chi connectivity index (χ1n) is 8.63. The van der Waals surface area contributed by atoms with Crippen molar-refractivity contribution in [3.05, 3.63) is 39.6 Å². The molecule has 0 saturated carbocycles. The molecule has 2 aromatic heterocycles. The monoisotopic (exact) mass is 353 g/mol. The fraction of sp³-hybridized carbons (Fsp3) is 0.350. The van der Waals surface area contributed by atoms with E-state index in [1.807, 2.05) is 38.2 Å². The van der Waals surface area contributed by atoms with Crippen LogP contribution in [0.5, 0.6) is 0 Å². The first-order valence-corrected chi connectivity index (χ1v) is 8.63. The van der Waals surface area contributed by atoms with Crippen LogP contribution < -0.4 is 5.35 Å². The van der Waals surface area contributed by atoms with E-state index in [1.165, 1.54) is 13.0 Å². The normalized spacial score (nSPS) is 12.2. The van der Waals surface area contributed by atoms with Crippen LogP contribution in [0, 0.1) is 27.7 Å². The lowest BCUT2D eigenvalue weighted by Gasteiger charge is -2.04. The number of aromatic amines is 1. The van der Waals surface area contributed by atoms with Gasteiger partial charge in [0.15, 0.2) is 5.78 Å². The Morgan fingerprint density at radius 3 is 2.58 bits per heavy atom. The number of aromatic nitrogens is 3. The summed E-state index contributed by atoms with van der Waals surface area (Å²) < 4.78 is 7.13. The molecule has 0 fully saturated rings. The summed E-state index contributed by atoms with van der Waals surface area (Å²) in [5, 5.41) is 0.489. The van der Waals surface area contributed by atoms with Crippen LogP contribution in [-0.2, 0) is 9.53 Å². The highest BCUT2D eigenvalue weighted by Crippen LogP contribution is 2.25. The molecule has 0 bridgehead atoms. The van der Waals surface area contributed by atoms with Crippen molar-refractivity contribution in [3.8, 4) is 0 Å². The third-order valence-electron chi connectivity index (χ3n) is 4.63. The molecule has 6 heteroatoms. The van der Waals surface area contributed by atoms with Crippen molar-refractivity contribution in [2.24, 2.45) is 0 Å². The Morgan fingerprint density at radius 1 is 1.27 bits per heavy atom. The van der Waals surface area contributed by atoms with E-state index in [2.05, 4.69) is 9.97 Å². The number of aryl methyl sites for hydroxylation is 4. The van der Waals surface area contributed by atoms with Gasteiger partial charge in [0.05, 0.1) is 28.5 Å². The van der Waals surface area contributed by atoms with Gasteiger partial charge in [-0.3, -0.25) is 9.20 Å². The molecule has 0 aliphatic heterocycles. The van der Waals surface area contributed by atoms with Crippen molar-refractivity contribution < 1.29 is 14.3 Å². The number of hydrogen-bond acceptors (Lipinski definition) is 4. The van der Waals surface area contributed by atoms with Crippen molar-refractivity contribution >= 4 is 34.4 Å². The lowest BCUT2D eigenvalue weighted by Crippen LogP contribution is -2.25. The summed E-state index contributed by atoms with van der Waals surface area (Å²) >= 11 is 0. The maximum atomic E-state index is 12.7. The zero-order chi connectivity index (χ0) is 19.2. The van der Waals surface area contributed by atoms with Crippen LogP contribution in [0.2, 0.25) is 0 Å². The highest BCUT2D eigenvalue weighted by molar-refractivity contribution is 6.06. The number of Topliss-reactive ketones (excluding diaryl/α,β-unsaturated/α-hetero) is 1. The van der Waals surface area contributed by atoms with Crippen molar-refractivity contribution in [1.29, 1.82) is 0 Å². The molecule has 2 heterocycles. The largest absolute Gasteiger partial charge is 0.462 e. The minimum absolute atomic E-state index is 0.150. The van der Waals surface area contributed by atoms with Crippen LogP contribution in [0.4, 0.5) is 0 Å². The van der Waals surface area contributed by atoms with Gasteiger partial charge in [-0.05, 0) is 58.7 Å². The van der Waals surface area contributed by atoms with Gasteiger partial charge >= 0.3 is 5.97 Å². The van der Waals surface area contributed by atoms with Gasteiger partial charge in [-0.15, -0.1) is 0 Å². The molecule has 1 aromatic carbocycles. The fourth-order valence-electron chi connectivity index (χ4n) is 3.37. The maximum absolute atomic E-state index is 12.7. The minimum Gasteiger partial charge on any atom is -0.462 e. The molecule has 0 aliphatic carbocycles. The molecule has 6 nitrogen and oxygen atoms in total. The first kappa shape index (κ1) is 17.9. The van der Waals surface area contributed by atoms with Gasteiger partial charge in [-0.1, -0.05) is 0 Å². The van der Waals surface area contributed by atoms with Gasteiger partial charge in [-0.25, -0.2) is 9.78 Å². The smallest absolute Gasteiger partial charge is 0.342 e. The van der Waals surface area contributed by atoms with E-state index in [1.54, 1.807) is 6.92 Å². The second kappa shape index (κ2) is 6.44. The number of hydrogen-bond donors (Lipinski definition) is 1. The van der Waals surface area contributed by atoms with Gasteiger partial charge in [0, 0.05) is 11.8 Å². The highest BCUT2D eigenvalue weighted by Gasteiger charge is 2.19. The van der Waals surface area contributed by atoms with E-state index in [9.17, 15) is 9.59 Å². The third kappa shape index (κ3) is 2.71. The zero-order valence-corrected chi connectivity index (χ0v) is 16.0. The maximum Gasteiger partial charge on any atom is 0.342 e. The van der Waals surface area contributed by atoms with E-state index in [4.69, 9.17) is 4.74 Å². The number of rotatable bonds is 3. The van der Waals surface area contributed by atoms with Gasteiger partial charge in [0.25, 0.3) is 0 Å². The molecule has 0 unspecified atom stereocenters. The first-order chi connectivity index (χ1) is 12.3. The summed E-state index contributed by atoms with van der Waals surface area (Å²) in [7, 11) is 0. The molecule has 26 heavy (non-hydrogen) atoms. The van der Waals surface area contributed by atoms with Crippen LogP contribution >= 0.6 is 0 Å². The number of nitrogens with zero attached hydrogens (tertiary/aromatic N) is 2. The molecule has 0 spiro atoms. The number of carbonyl (C=O) groups excluding carboxylic acids is 2. The van der Waals surface area contributed by atoms with Crippen molar-refractivity contribution in [2.45, 2.75) is 41.5 Å². The zero-order valence-electron chi connectivity index (χ0n) is 16.0. The molecule has 0 atom stereocenters. The van der Waals surface area contributed by atoms with E-state index in [-0.39, 0.29) is 12.4 Å². The highest BCUT2D eigenvalue weighted by atomic mass is 16.5. The average Bonchev–Trinajstić information content (AvgIpc) is 2.79. The molecule has 0 radical (unpaired) electrons. The summed E-state index contributed by atoms with van der Waals surface area (Å²) in [6.45, 7) is 11.2. The molecule has 0 aliphatic rings. The summed E-state index contributed by atoms with van der Waals surface area (Å²) in [5.41, 5.74) is 5.75. The predicted molar refractivity (Wildman–Crippen MR) is 101 cm³/mol. The van der Waals surface area contributed by atoms with Crippen LogP contribution in [-0.4, -0.2) is 32.7 Å². The Morgan fingerprint density at radius 2 is 1.96 bits per heavy atom. The Bertz CT molecular complexity index is 1130. The summed E-state index contributed by atoms with van der Waals surface area (Å²) in [5.74, 6) is 0.0913. The Kier molecular flexibility index (Phi) is 4.44. The van der Waals surface area contributed by atoms with Crippen molar-refractivity contribution in [3.63, 3.8) is 0 Å². The topological polar surface area (TPSA) is 76.5 Å². The van der Waals surface area contributed by atoms with Crippen LogP contribution in [0.1, 0.15) is 46.9 Å². The molecule has 0 amide bonds. The quantitative estimate of drug-likeness (QED) is 0.735. The Hall–Kier alpha value is -2.89. The van der Waals surface area contributed by atoms with Gasteiger partial charge in [0.1, 0.15) is 11.4 Å². The molecule has 1 N–H and O–H groups in total. The average molecular weight is 353 g/mol. The van der Waals surface area contributed by atoms with E-state index >= 15 is 0 Å². The second-order valence-electron chi connectivity index (χ2n) is 6.54. The summed E-state index contributed by atoms with van der Waals surface area (Å²) in [6.07, 6.45) is 1.47. The third-order valence-corrected chi connectivity index (χ3v) is 4.63. The van der Waals surface area contributed by atoms with Crippen LogP contribution in [0.25, 0.3) is 22.6 Å². The van der Waals surface area contributed by atoms with E-state index < -0.39 is 5.97 Å². The molecular formula is C20H23N3O3. The molecule has 3 aromatic rings. The van der Waals surface area contributed by atoms with E-state index in [0.29, 0.717) is 22.4 Å². The van der Waals surface area contributed by atoms with Crippen molar-refractivity contribution in [1.82, 2.24) is 14.4 Å². The minimum atomic E-state index is -0.464. The standard InChI is InChI=1S/C20H23N3O3/c1-7-26-20(25)17-13(5)21-18-12(4)10(2)8-15-19(18)23(14(6)22-15)16(17)9-11(3)24/h8-9,21H,7H2,1-6H3/b16-9+.